The Bertz CT molecular complexity index is 318. The van der Waals surface area contributed by atoms with E-state index in [9.17, 15) is 0 Å². The van der Waals surface area contributed by atoms with Crippen LogP contribution >= 0.6 is 11.8 Å². The van der Waals surface area contributed by atoms with Crippen LogP contribution in [0.25, 0.3) is 0 Å². The van der Waals surface area contributed by atoms with E-state index in [2.05, 4.69) is 64.2 Å². The summed E-state index contributed by atoms with van der Waals surface area (Å²) >= 11 is 1.97. The smallest absolute Gasteiger partial charge is 0.0291 e. The third kappa shape index (κ3) is 4.72. The molecule has 2 unspecified atom stereocenters. The van der Waals surface area contributed by atoms with E-state index in [4.69, 9.17) is 0 Å². The predicted molar refractivity (Wildman–Crippen MR) is 78.7 cm³/mol. The van der Waals surface area contributed by atoms with Crippen LogP contribution < -0.4 is 5.32 Å². The van der Waals surface area contributed by atoms with Gasteiger partial charge in [-0.3, -0.25) is 0 Å². The van der Waals surface area contributed by atoms with Crippen molar-refractivity contribution in [3.8, 4) is 0 Å². The molecule has 0 radical (unpaired) electrons. The largest absolute Gasteiger partial charge is 0.310 e. The monoisotopic (exact) mass is 251 g/mol. The van der Waals surface area contributed by atoms with Gasteiger partial charge in [0.2, 0.25) is 0 Å². The number of thioether (sulfide) groups is 1. The van der Waals surface area contributed by atoms with Crippen LogP contribution in [0.15, 0.2) is 29.2 Å². The second-order valence-corrected chi connectivity index (χ2v) is 6.37. The molecule has 0 saturated heterocycles. The molecule has 0 aromatic heterocycles. The molecule has 0 saturated carbocycles. The van der Waals surface area contributed by atoms with Gasteiger partial charge >= 0.3 is 0 Å². The molecule has 0 amide bonds. The second-order valence-electron chi connectivity index (χ2n) is 4.92. The van der Waals surface area contributed by atoms with E-state index < -0.39 is 0 Å². The summed E-state index contributed by atoms with van der Waals surface area (Å²) < 4.78 is 0. The molecule has 0 heterocycles. The molecule has 0 fully saturated rings. The van der Waals surface area contributed by atoms with Crippen LogP contribution in [0.2, 0.25) is 0 Å². The van der Waals surface area contributed by atoms with E-state index in [1.807, 2.05) is 11.8 Å². The maximum atomic E-state index is 3.43. The summed E-state index contributed by atoms with van der Waals surface area (Å²) in [6.45, 7) is 12.2. The van der Waals surface area contributed by atoms with Crippen molar-refractivity contribution in [2.24, 2.45) is 5.92 Å². The molecule has 0 spiro atoms. The fraction of sp³-hybridized carbons (Fsp3) is 0.600. The van der Waals surface area contributed by atoms with Crippen molar-refractivity contribution in [3.63, 3.8) is 0 Å². The van der Waals surface area contributed by atoms with Gasteiger partial charge in [0.05, 0.1) is 0 Å². The van der Waals surface area contributed by atoms with Crippen LogP contribution in [0.4, 0.5) is 0 Å². The van der Waals surface area contributed by atoms with Crippen LogP contribution in [0, 0.1) is 5.92 Å². The average Bonchev–Trinajstić information content (AvgIpc) is 2.30. The lowest BCUT2D eigenvalue weighted by molar-refractivity contribution is 0.598. The molecule has 17 heavy (non-hydrogen) atoms. The zero-order valence-electron chi connectivity index (χ0n) is 11.7. The molecule has 0 bridgehead atoms. The molecular formula is C15H25NS. The minimum Gasteiger partial charge on any atom is -0.310 e. The van der Waals surface area contributed by atoms with Gasteiger partial charge in [-0.2, -0.15) is 0 Å². The lowest BCUT2D eigenvalue weighted by Crippen LogP contribution is -2.17. The topological polar surface area (TPSA) is 12.0 Å². The van der Waals surface area contributed by atoms with Gasteiger partial charge < -0.3 is 5.32 Å². The van der Waals surface area contributed by atoms with Crippen molar-refractivity contribution >= 4 is 11.8 Å². The lowest BCUT2D eigenvalue weighted by Gasteiger charge is -2.16. The summed E-state index contributed by atoms with van der Waals surface area (Å²) in [4.78, 5) is 1.37. The van der Waals surface area contributed by atoms with Gasteiger partial charge in [0.25, 0.3) is 0 Å². The van der Waals surface area contributed by atoms with Gasteiger partial charge in [0.15, 0.2) is 0 Å². The molecule has 1 N–H and O–H groups in total. The maximum absolute atomic E-state index is 3.43. The van der Waals surface area contributed by atoms with E-state index >= 15 is 0 Å². The Kier molecular flexibility index (Phi) is 6.07. The Labute approximate surface area is 110 Å². The third-order valence-corrected chi connectivity index (χ3v) is 4.61. The molecule has 2 atom stereocenters. The summed E-state index contributed by atoms with van der Waals surface area (Å²) in [5.41, 5.74) is 1.37. The highest BCUT2D eigenvalue weighted by Crippen LogP contribution is 2.28. The average molecular weight is 251 g/mol. The van der Waals surface area contributed by atoms with Crippen molar-refractivity contribution in [2.45, 2.75) is 50.8 Å². The zero-order valence-corrected chi connectivity index (χ0v) is 12.5. The number of hydrogen-bond acceptors (Lipinski definition) is 2. The number of nitrogens with one attached hydrogen (secondary N) is 1. The highest BCUT2D eigenvalue weighted by molar-refractivity contribution is 8.00. The first-order valence-electron chi connectivity index (χ1n) is 6.54. The van der Waals surface area contributed by atoms with Gasteiger partial charge in [-0.15, -0.1) is 11.8 Å². The maximum Gasteiger partial charge on any atom is 0.0291 e. The first-order valence-corrected chi connectivity index (χ1v) is 7.42. The summed E-state index contributed by atoms with van der Waals surface area (Å²) in [7, 11) is 0. The highest BCUT2D eigenvalue weighted by atomic mass is 32.2. The summed E-state index contributed by atoms with van der Waals surface area (Å²) in [5.74, 6) is 0.723. The van der Waals surface area contributed by atoms with E-state index in [1.165, 1.54) is 10.5 Å². The molecule has 0 aliphatic rings. The number of rotatable bonds is 6. The van der Waals surface area contributed by atoms with Gasteiger partial charge in [0, 0.05) is 16.2 Å². The summed E-state index contributed by atoms with van der Waals surface area (Å²) in [6.07, 6.45) is 0. The Morgan fingerprint density at radius 1 is 1.06 bits per heavy atom. The van der Waals surface area contributed by atoms with Crippen LogP contribution in [-0.2, 0) is 0 Å². The van der Waals surface area contributed by atoms with E-state index in [0.29, 0.717) is 11.3 Å². The molecule has 96 valence electrons. The van der Waals surface area contributed by atoms with Crippen molar-refractivity contribution in [2.75, 3.05) is 6.54 Å². The Morgan fingerprint density at radius 2 is 1.65 bits per heavy atom. The molecule has 1 rings (SSSR count). The number of benzene rings is 1. The van der Waals surface area contributed by atoms with Crippen molar-refractivity contribution in [3.05, 3.63) is 29.8 Å². The Morgan fingerprint density at radius 3 is 2.12 bits per heavy atom. The standard InChI is InChI=1S/C15H25NS/c1-6-16-12(4)14-7-9-15(10-8-14)17-13(5)11(2)3/h7-13,16H,6H2,1-5H3. The van der Waals surface area contributed by atoms with Crippen molar-refractivity contribution in [1.82, 2.24) is 5.32 Å². The van der Waals surface area contributed by atoms with Gasteiger partial charge in [-0.1, -0.05) is 39.8 Å². The number of hydrogen-bond donors (Lipinski definition) is 1. The minimum absolute atomic E-state index is 0.446. The van der Waals surface area contributed by atoms with E-state index in [0.717, 1.165) is 12.5 Å². The predicted octanol–water partition coefficient (Wildman–Crippen LogP) is 4.49. The molecule has 0 aliphatic carbocycles. The van der Waals surface area contributed by atoms with Crippen molar-refractivity contribution in [1.29, 1.82) is 0 Å². The van der Waals surface area contributed by atoms with Crippen LogP contribution in [0.1, 0.15) is 46.2 Å². The SMILES string of the molecule is CCNC(C)c1ccc(SC(C)C(C)C)cc1. The van der Waals surface area contributed by atoms with Crippen LogP contribution in [-0.4, -0.2) is 11.8 Å². The molecule has 1 aromatic rings. The fourth-order valence-electron chi connectivity index (χ4n) is 1.61. The minimum atomic E-state index is 0.446. The van der Waals surface area contributed by atoms with Gasteiger partial charge in [-0.25, -0.2) is 0 Å². The third-order valence-electron chi connectivity index (χ3n) is 3.15. The van der Waals surface area contributed by atoms with E-state index in [1.54, 1.807) is 0 Å². The molecule has 0 aliphatic heterocycles. The van der Waals surface area contributed by atoms with Crippen LogP contribution in [0.5, 0.6) is 0 Å². The first-order chi connectivity index (χ1) is 8.04. The van der Waals surface area contributed by atoms with E-state index in [-0.39, 0.29) is 0 Å². The second kappa shape index (κ2) is 7.07. The highest BCUT2D eigenvalue weighted by Gasteiger charge is 2.09. The first kappa shape index (κ1) is 14.6. The normalized spacial score (nSPS) is 14.9. The van der Waals surface area contributed by atoms with Gasteiger partial charge in [-0.05, 0) is 37.1 Å². The lowest BCUT2D eigenvalue weighted by atomic mass is 10.1. The molecule has 2 heteroatoms. The quantitative estimate of drug-likeness (QED) is 0.747. The summed E-state index contributed by atoms with van der Waals surface area (Å²) in [5, 5.41) is 4.11. The zero-order chi connectivity index (χ0) is 12.8. The molecular weight excluding hydrogens is 226 g/mol. The Balaban J connectivity index is 2.61. The van der Waals surface area contributed by atoms with Crippen LogP contribution in [0.3, 0.4) is 0 Å². The summed E-state index contributed by atoms with van der Waals surface area (Å²) in [6, 6.07) is 9.41. The van der Waals surface area contributed by atoms with Crippen molar-refractivity contribution < 1.29 is 0 Å². The molecule has 1 aromatic carbocycles. The molecule has 1 nitrogen and oxygen atoms in total. The van der Waals surface area contributed by atoms with Gasteiger partial charge in [0.1, 0.15) is 0 Å². The Hall–Kier alpha value is -0.470. The fourth-order valence-corrected chi connectivity index (χ4v) is 2.60.